The number of Topliss-reactive ketones (excluding diaryl/α,β-unsaturated/α-hetero) is 3. The van der Waals surface area contributed by atoms with E-state index in [2.05, 4.69) is 0 Å². The molecule has 0 aromatic carbocycles. The number of nitrogens with zero attached hydrogens (tertiary/aromatic N) is 1. The van der Waals surface area contributed by atoms with Gasteiger partial charge in [0, 0.05) is 70.6 Å². The summed E-state index contributed by atoms with van der Waals surface area (Å²) in [5.41, 5.74) is 1.24. The minimum Gasteiger partial charge on any atom is -0.460 e. The number of aliphatic hydroxyl groups is 2. The van der Waals surface area contributed by atoms with Gasteiger partial charge < -0.3 is 52.8 Å². The molecule has 5 fully saturated rings. The number of hydrogen-bond donors (Lipinski definition) is 2. The number of carbonyl (C=O) groups excluding carboxylic acids is 5. The molecule has 0 spiro atoms. The summed E-state index contributed by atoms with van der Waals surface area (Å²) in [4.78, 5) is 73.2. The highest BCUT2D eigenvalue weighted by Crippen LogP contribution is 2.48. The second-order valence-corrected chi connectivity index (χ2v) is 25.2. The Labute approximate surface area is 438 Å². The van der Waals surface area contributed by atoms with Crippen molar-refractivity contribution in [1.29, 1.82) is 0 Å². The smallest absolute Gasteiger partial charge is 0.329 e. The Morgan fingerprint density at radius 2 is 1.58 bits per heavy atom. The topological polar surface area (TPSA) is 220 Å². The van der Waals surface area contributed by atoms with E-state index >= 15 is 0 Å². The molecule has 4 saturated heterocycles. The fraction of sp³-hybridized carbons (Fsp3) is 0.768. The molecule has 1 amide bonds. The van der Waals surface area contributed by atoms with E-state index in [-0.39, 0.29) is 67.7 Å². The van der Waals surface area contributed by atoms with Crippen molar-refractivity contribution >= 4 is 36.6 Å². The molecule has 18 heteroatoms. The average Bonchev–Trinajstić information content (AvgIpc) is 3.33. The molecular weight excluding hydrogens is 974 g/mol. The number of amides is 1. The number of rotatable bonds is 11. The van der Waals surface area contributed by atoms with Crippen molar-refractivity contribution in [3.63, 3.8) is 0 Å². The molecule has 5 aliphatic heterocycles. The monoisotopic (exact) mass is 1060 g/mol. The lowest BCUT2D eigenvalue weighted by atomic mass is 9.68. The Hall–Kier alpha value is -3.22. The maximum absolute atomic E-state index is 14.7. The van der Waals surface area contributed by atoms with E-state index in [1.54, 1.807) is 47.3 Å². The van der Waals surface area contributed by atoms with Gasteiger partial charge in [-0.25, -0.2) is 4.79 Å². The maximum atomic E-state index is 14.7. The highest BCUT2D eigenvalue weighted by atomic mass is 31.2. The Morgan fingerprint density at radius 1 is 0.851 bits per heavy atom. The van der Waals surface area contributed by atoms with Crippen LogP contribution in [-0.4, -0.2) is 166 Å². The van der Waals surface area contributed by atoms with Gasteiger partial charge in [-0.1, -0.05) is 64.2 Å². The number of fused-ring (bicyclic) bond motifs is 4. The number of hydrogen-bond acceptors (Lipinski definition) is 16. The van der Waals surface area contributed by atoms with Gasteiger partial charge in [0.2, 0.25) is 5.79 Å². The number of carbonyl (C=O) groups is 5. The lowest BCUT2D eigenvalue weighted by Crippen LogP contribution is -2.65. The van der Waals surface area contributed by atoms with Crippen molar-refractivity contribution in [2.24, 2.45) is 41.4 Å². The highest BCUT2D eigenvalue weighted by molar-refractivity contribution is 7.57. The molecule has 1 aliphatic carbocycles. The molecule has 2 N–H and O–H groups in total. The SMILES string of the molecule is CO[C@@H]1C[C@H](CC2[C@H]3CCCN4C(=O)C(=O)[C@]5(O)O[C@@H](CC[C@H]5C)CC(OCCOC5COC5)/C(C)=C/C=C/C=C/[C@@H](C)C[C@@H](C)C(=O)[C@H](OC)[C@H](O)/C(C)=C/[C@@H](C)C(=O)C[C@@H]2OC(=O)C34)CC[C@H]1OP(C)(C)=O. The Kier molecular flexibility index (Phi) is 21.8. The van der Waals surface area contributed by atoms with Gasteiger partial charge in [0.25, 0.3) is 11.7 Å². The zero-order chi connectivity index (χ0) is 54.1. The summed E-state index contributed by atoms with van der Waals surface area (Å²) in [6, 6.07) is -1.17. The fourth-order valence-corrected chi connectivity index (χ4v) is 12.9. The van der Waals surface area contributed by atoms with Crippen molar-refractivity contribution in [1.82, 2.24) is 4.90 Å². The van der Waals surface area contributed by atoms with Crippen molar-refractivity contribution in [3.8, 4) is 0 Å². The molecule has 0 aromatic heterocycles. The number of esters is 1. The van der Waals surface area contributed by atoms with Crippen LogP contribution in [0.1, 0.15) is 112 Å². The zero-order valence-electron chi connectivity index (χ0n) is 45.5. The highest BCUT2D eigenvalue weighted by Gasteiger charge is 2.57. The maximum Gasteiger partial charge on any atom is 0.329 e. The standard InChI is InChI=1S/C56H86NO16P/c1-33-15-12-11-13-16-34(2)46(70-24-23-69-41-31-68-32-41)29-40-20-18-38(6)56(64,72-40)53(61)54(62)57-22-14-17-42-43(27-39-19-21-45(48(28-39)66-7)73-74(9,10)65)47(71-55(63)49(42)57)30-44(58)35(3)26-37(5)51(60)52(67-8)50(59)36(4)25-33/h11-13,15-16,26,33,35-36,38-43,45-49,51-52,60,64H,14,17-25,27-32H2,1-10H3/b13-11+,15-12+,34-16+,37-26+/t33-,35-,36-,38-,39+,40+,42-,43?,45-,46?,47+,48-,49?,51-,52+,56-/m1/s1. The third kappa shape index (κ3) is 15.3. The molecule has 74 heavy (non-hydrogen) atoms. The number of methoxy groups -OCH3 is 2. The van der Waals surface area contributed by atoms with Gasteiger partial charge in [-0.2, -0.15) is 0 Å². The molecule has 5 heterocycles. The molecule has 4 bridgehead atoms. The van der Waals surface area contributed by atoms with E-state index in [4.69, 9.17) is 37.7 Å². The van der Waals surface area contributed by atoms with E-state index < -0.39 is 97.0 Å². The van der Waals surface area contributed by atoms with Crippen molar-refractivity contribution < 1.29 is 76.4 Å². The first-order valence-electron chi connectivity index (χ1n) is 27.0. The summed E-state index contributed by atoms with van der Waals surface area (Å²) in [5.74, 6) is -8.83. The van der Waals surface area contributed by atoms with Gasteiger partial charge in [0.05, 0.1) is 50.8 Å². The largest absolute Gasteiger partial charge is 0.460 e. The normalized spacial score (nSPS) is 40.4. The molecule has 0 aromatic rings. The quantitative estimate of drug-likeness (QED) is 0.0719. The van der Waals surface area contributed by atoms with E-state index in [0.717, 1.165) is 5.57 Å². The molecular formula is C56H86NO16P. The molecule has 3 unspecified atom stereocenters. The van der Waals surface area contributed by atoms with Crippen LogP contribution in [0.25, 0.3) is 0 Å². The van der Waals surface area contributed by atoms with Crippen LogP contribution in [0, 0.1) is 41.4 Å². The number of ketones is 3. The molecule has 17 nitrogen and oxygen atoms in total. The molecule has 6 rings (SSSR count). The van der Waals surface area contributed by atoms with E-state index in [9.17, 15) is 38.8 Å². The summed E-state index contributed by atoms with van der Waals surface area (Å²) in [6.45, 7) is 15.7. The fourth-order valence-electron chi connectivity index (χ4n) is 12.0. The summed E-state index contributed by atoms with van der Waals surface area (Å²) < 4.78 is 60.3. The van der Waals surface area contributed by atoms with E-state index in [1.165, 1.54) is 12.0 Å². The second kappa shape index (κ2) is 26.9. The van der Waals surface area contributed by atoms with Crippen LogP contribution < -0.4 is 0 Å². The number of ether oxygens (including phenoxy) is 7. The van der Waals surface area contributed by atoms with Gasteiger partial charge in [0.1, 0.15) is 36.2 Å². The third-order valence-corrected chi connectivity index (χ3v) is 17.1. The minimum atomic E-state index is -2.84. The van der Waals surface area contributed by atoms with Gasteiger partial charge in [-0.05, 0) is 101 Å². The average molecular weight is 1060 g/mol. The first-order chi connectivity index (χ1) is 35.0. The van der Waals surface area contributed by atoms with E-state index in [1.807, 2.05) is 51.2 Å². The summed E-state index contributed by atoms with van der Waals surface area (Å²) >= 11 is 0. The first-order valence-corrected chi connectivity index (χ1v) is 29.6. The lowest BCUT2D eigenvalue weighted by Gasteiger charge is -2.50. The minimum absolute atomic E-state index is 0.00726. The van der Waals surface area contributed by atoms with Crippen LogP contribution in [-0.2, 0) is 66.2 Å². The number of allylic oxidation sites excluding steroid dienone is 6. The van der Waals surface area contributed by atoms with Crippen LogP contribution in [0.15, 0.2) is 47.6 Å². The Balaban J connectivity index is 1.33. The van der Waals surface area contributed by atoms with Gasteiger partial charge in [0.15, 0.2) is 13.2 Å². The van der Waals surface area contributed by atoms with Crippen LogP contribution in [0.4, 0.5) is 0 Å². The van der Waals surface area contributed by atoms with Crippen LogP contribution in [0.2, 0.25) is 0 Å². The Morgan fingerprint density at radius 3 is 2.26 bits per heavy atom. The van der Waals surface area contributed by atoms with Crippen LogP contribution >= 0.6 is 7.37 Å². The van der Waals surface area contributed by atoms with Crippen LogP contribution in [0.5, 0.6) is 0 Å². The van der Waals surface area contributed by atoms with E-state index in [0.29, 0.717) is 83.2 Å². The van der Waals surface area contributed by atoms with Crippen molar-refractivity contribution in [3.05, 3.63) is 47.6 Å². The number of piperidine rings is 1. The molecule has 6 aliphatic rings. The predicted octanol–water partition coefficient (Wildman–Crippen LogP) is 6.75. The van der Waals surface area contributed by atoms with Crippen molar-refractivity contribution in [2.75, 3.05) is 60.5 Å². The van der Waals surface area contributed by atoms with Crippen molar-refractivity contribution in [2.45, 2.75) is 173 Å². The molecule has 416 valence electrons. The summed E-state index contributed by atoms with van der Waals surface area (Å²) in [5, 5.41) is 23.8. The third-order valence-electron chi connectivity index (χ3n) is 16.4. The predicted molar refractivity (Wildman–Crippen MR) is 276 cm³/mol. The summed E-state index contributed by atoms with van der Waals surface area (Å²) in [6.07, 6.45) is 10.6. The lowest BCUT2D eigenvalue weighted by molar-refractivity contribution is -0.266. The molecule has 0 radical (unpaired) electrons. The Bertz CT molecular complexity index is 2130. The second-order valence-electron chi connectivity index (χ2n) is 22.5. The molecule has 1 saturated carbocycles. The zero-order valence-corrected chi connectivity index (χ0v) is 46.4. The first kappa shape index (κ1) is 60.0. The summed E-state index contributed by atoms with van der Waals surface area (Å²) in [7, 11) is 0.137. The molecule has 16 atom stereocenters. The number of aliphatic hydroxyl groups excluding tert-OH is 1. The van der Waals surface area contributed by atoms with Gasteiger partial charge >= 0.3 is 5.97 Å². The van der Waals surface area contributed by atoms with Gasteiger partial charge in [-0.3, -0.25) is 23.7 Å². The van der Waals surface area contributed by atoms with Crippen LogP contribution in [0.3, 0.4) is 0 Å². The van der Waals surface area contributed by atoms with Gasteiger partial charge in [-0.15, -0.1) is 0 Å².